The summed E-state index contributed by atoms with van der Waals surface area (Å²) in [6, 6.07) is 4.23. The van der Waals surface area contributed by atoms with Gasteiger partial charge in [0.1, 0.15) is 6.04 Å². The predicted octanol–water partition coefficient (Wildman–Crippen LogP) is 2.74. The van der Waals surface area contributed by atoms with Crippen LogP contribution in [0.1, 0.15) is 31.2 Å². The molecular weight excluding hydrogens is 260 g/mol. The molecule has 1 aromatic rings. The number of nitrogens with zero attached hydrogens (tertiary/aromatic N) is 2. The molecule has 0 spiro atoms. The Morgan fingerprint density at radius 3 is 2.80 bits per heavy atom. The van der Waals surface area contributed by atoms with Crippen LogP contribution in [0.4, 0.5) is 11.4 Å². The molecule has 1 aromatic carbocycles. The molecule has 1 aliphatic rings. The highest BCUT2D eigenvalue weighted by Crippen LogP contribution is 2.32. The Kier molecular flexibility index (Phi) is 4.22. The van der Waals surface area contributed by atoms with E-state index in [0.29, 0.717) is 24.2 Å². The Bertz CT molecular complexity index is 530. The maximum absolute atomic E-state index is 11.4. The fourth-order valence-corrected chi connectivity index (χ4v) is 2.77. The first-order valence-corrected chi connectivity index (χ1v) is 6.76. The lowest BCUT2D eigenvalue weighted by Crippen LogP contribution is -2.41. The van der Waals surface area contributed by atoms with E-state index in [1.807, 2.05) is 0 Å². The van der Waals surface area contributed by atoms with Gasteiger partial charge in [-0.05, 0) is 25.8 Å². The van der Waals surface area contributed by atoms with E-state index < -0.39 is 16.9 Å². The highest BCUT2D eigenvalue weighted by molar-refractivity contribution is 5.79. The molecule has 0 amide bonds. The molecule has 1 fully saturated rings. The summed E-state index contributed by atoms with van der Waals surface area (Å²) in [6.45, 7) is 2.30. The van der Waals surface area contributed by atoms with Gasteiger partial charge in [-0.3, -0.25) is 10.1 Å². The topological polar surface area (TPSA) is 83.7 Å². The second-order valence-electron chi connectivity index (χ2n) is 5.08. The first kappa shape index (κ1) is 14.3. The van der Waals surface area contributed by atoms with Gasteiger partial charge in [-0.15, -0.1) is 0 Å². The summed E-state index contributed by atoms with van der Waals surface area (Å²) in [4.78, 5) is 23.8. The van der Waals surface area contributed by atoms with Gasteiger partial charge >= 0.3 is 5.97 Å². The molecule has 0 aromatic heterocycles. The van der Waals surface area contributed by atoms with Gasteiger partial charge in [0.05, 0.1) is 10.5 Å². The number of carbonyl (C=O) groups is 1. The molecule has 2 rings (SSSR count). The Morgan fingerprint density at radius 1 is 1.40 bits per heavy atom. The van der Waals surface area contributed by atoms with E-state index >= 15 is 0 Å². The second kappa shape index (κ2) is 5.90. The predicted molar refractivity (Wildman–Crippen MR) is 75.1 cm³/mol. The zero-order valence-corrected chi connectivity index (χ0v) is 11.4. The van der Waals surface area contributed by atoms with Crippen molar-refractivity contribution in [2.45, 2.75) is 38.6 Å². The van der Waals surface area contributed by atoms with Crippen LogP contribution in [0.5, 0.6) is 0 Å². The highest BCUT2D eigenvalue weighted by Gasteiger charge is 2.29. The van der Waals surface area contributed by atoms with Gasteiger partial charge in [-0.2, -0.15) is 0 Å². The van der Waals surface area contributed by atoms with Crippen LogP contribution in [0, 0.1) is 17.0 Å². The van der Waals surface area contributed by atoms with E-state index in [-0.39, 0.29) is 5.69 Å². The maximum atomic E-state index is 11.4. The molecular formula is C14H18N2O4. The summed E-state index contributed by atoms with van der Waals surface area (Å²) in [5, 5.41) is 20.4. The lowest BCUT2D eigenvalue weighted by molar-refractivity contribution is -0.385. The molecule has 6 nitrogen and oxygen atoms in total. The zero-order valence-electron chi connectivity index (χ0n) is 11.4. The number of anilines is 1. The SMILES string of the molecule is Cc1c(N2CCCCCC2C(=O)O)cccc1[N+](=O)[O-]. The number of rotatable bonds is 3. The van der Waals surface area contributed by atoms with Crippen LogP contribution in [0.15, 0.2) is 18.2 Å². The molecule has 108 valence electrons. The molecule has 1 atom stereocenters. The molecule has 20 heavy (non-hydrogen) atoms. The van der Waals surface area contributed by atoms with Crippen molar-refractivity contribution in [1.29, 1.82) is 0 Å². The summed E-state index contributed by atoms with van der Waals surface area (Å²) in [5.41, 5.74) is 1.23. The Hall–Kier alpha value is -2.11. The number of nitro groups is 1. The smallest absolute Gasteiger partial charge is 0.326 e. The van der Waals surface area contributed by atoms with Crippen molar-refractivity contribution in [2.24, 2.45) is 0 Å². The Balaban J connectivity index is 2.44. The third-order valence-corrected chi connectivity index (χ3v) is 3.82. The van der Waals surface area contributed by atoms with Crippen molar-refractivity contribution >= 4 is 17.3 Å². The Labute approximate surface area is 117 Å². The molecule has 1 heterocycles. The number of carboxylic acids is 1. The summed E-state index contributed by atoms with van der Waals surface area (Å²) >= 11 is 0. The fourth-order valence-electron chi connectivity index (χ4n) is 2.77. The second-order valence-corrected chi connectivity index (χ2v) is 5.08. The van der Waals surface area contributed by atoms with Crippen molar-refractivity contribution in [2.75, 3.05) is 11.4 Å². The van der Waals surface area contributed by atoms with Crippen molar-refractivity contribution in [3.05, 3.63) is 33.9 Å². The average Bonchev–Trinajstić information content (AvgIpc) is 2.64. The van der Waals surface area contributed by atoms with Gasteiger partial charge in [0.25, 0.3) is 5.69 Å². The molecule has 1 N–H and O–H groups in total. The largest absolute Gasteiger partial charge is 0.480 e. The van der Waals surface area contributed by atoms with Crippen molar-refractivity contribution in [1.82, 2.24) is 0 Å². The number of carboxylic acid groups (broad SMARTS) is 1. The number of nitro benzene ring substituents is 1. The van der Waals surface area contributed by atoms with E-state index in [9.17, 15) is 20.0 Å². The normalized spacial score (nSPS) is 19.4. The molecule has 0 radical (unpaired) electrons. The van der Waals surface area contributed by atoms with Gasteiger partial charge in [-0.1, -0.05) is 18.9 Å². The first-order chi connectivity index (χ1) is 9.52. The molecule has 1 saturated heterocycles. The molecule has 1 unspecified atom stereocenters. The van der Waals surface area contributed by atoms with Crippen LogP contribution < -0.4 is 4.90 Å². The van der Waals surface area contributed by atoms with Crippen LogP contribution in [-0.4, -0.2) is 28.6 Å². The lowest BCUT2D eigenvalue weighted by atomic mass is 10.1. The van der Waals surface area contributed by atoms with E-state index in [1.54, 1.807) is 24.0 Å². The zero-order chi connectivity index (χ0) is 14.7. The highest BCUT2D eigenvalue weighted by atomic mass is 16.6. The Morgan fingerprint density at radius 2 is 2.15 bits per heavy atom. The fraction of sp³-hybridized carbons (Fsp3) is 0.500. The van der Waals surface area contributed by atoms with Crippen LogP contribution >= 0.6 is 0 Å². The van der Waals surface area contributed by atoms with Gasteiger partial charge < -0.3 is 10.0 Å². The van der Waals surface area contributed by atoms with E-state index in [0.717, 1.165) is 19.3 Å². The molecule has 6 heteroatoms. The number of hydrogen-bond acceptors (Lipinski definition) is 4. The van der Waals surface area contributed by atoms with Crippen molar-refractivity contribution < 1.29 is 14.8 Å². The van der Waals surface area contributed by atoms with E-state index in [4.69, 9.17) is 0 Å². The monoisotopic (exact) mass is 278 g/mol. The quantitative estimate of drug-likeness (QED) is 0.679. The van der Waals surface area contributed by atoms with Crippen LogP contribution in [-0.2, 0) is 4.79 Å². The third-order valence-electron chi connectivity index (χ3n) is 3.82. The molecule has 1 aliphatic heterocycles. The molecule has 0 bridgehead atoms. The van der Waals surface area contributed by atoms with Gasteiger partial charge in [0, 0.05) is 18.3 Å². The van der Waals surface area contributed by atoms with Crippen molar-refractivity contribution in [3.8, 4) is 0 Å². The minimum atomic E-state index is -0.863. The summed E-state index contributed by atoms with van der Waals surface area (Å²) in [6.07, 6.45) is 3.36. The average molecular weight is 278 g/mol. The van der Waals surface area contributed by atoms with Crippen LogP contribution in [0.25, 0.3) is 0 Å². The number of aliphatic carboxylic acids is 1. The molecule has 0 saturated carbocycles. The first-order valence-electron chi connectivity index (χ1n) is 6.76. The van der Waals surface area contributed by atoms with Crippen LogP contribution in [0.2, 0.25) is 0 Å². The van der Waals surface area contributed by atoms with Gasteiger partial charge in [-0.25, -0.2) is 4.79 Å². The van der Waals surface area contributed by atoms with Gasteiger partial charge in [0.15, 0.2) is 0 Å². The summed E-state index contributed by atoms with van der Waals surface area (Å²) in [5.74, 6) is -0.863. The van der Waals surface area contributed by atoms with E-state index in [2.05, 4.69) is 0 Å². The van der Waals surface area contributed by atoms with E-state index in [1.165, 1.54) is 6.07 Å². The minimum absolute atomic E-state index is 0.0379. The van der Waals surface area contributed by atoms with Crippen molar-refractivity contribution in [3.63, 3.8) is 0 Å². The van der Waals surface area contributed by atoms with Gasteiger partial charge in [0.2, 0.25) is 0 Å². The third kappa shape index (κ3) is 2.74. The maximum Gasteiger partial charge on any atom is 0.326 e. The minimum Gasteiger partial charge on any atom is -0.480 e. The summed E-state index contributed by atoms with van der Waals surface area (Å²) < 4.78 is 0. The number of hydrogen-bond donors (Lipinski definition) is 1. The standard InChI is InChI=1S/C14H18N2O4/c1-10-11(7-5-8-12(10)16(19)20)15-9-4-2-3-6-13(15)14(17)18/h5,7-8,13H,2-4,6,9H2,1H3,(H,17,18). The van der Waals surface area contributed by atoms with Crippen LogP contribution in [0.3, 0.4) is 0 Å². The molecule has 0 aliphatic carbocycles. The lowest BCUT2D eigenvalue weighted by Gasteiger charge is -2.30. The summed E-state index contributed by atoms with van der Waals surface area (Å²) in [7, 11) is 0. The number of benzene rings is 1.